The Morgan fingerprint density at radius 3 is 2.52 bits per heavy atom. The molecule has 146 valence electrons. The van der Waals surface area contributed by atoms with Gasteiger partial charge in [-0.2, -0.15) is 0 Å². The number of nitrogens with zero attached hydrogens (tertiary/aromatic N) is 1. The highest BCUT2D eigenvalue weighted by Gasteiger charge is 2.18. The predicted molar refractivity (Wildman–Crippen MR) is 112 cm³/mol. The molecule has 2 heterocycles. The molecule has 0 bridgehead atoms. The minimum Gasteiger partial charge on any atom is -0.494 e. The minimum atomic E-state index is -0.382. The summed E-state index contributed by atoms with van der Waals surface area (Å²) < 4.78 is 19.0. The molecule has 2 N–H and O–H groups in total. The number of hydrogen-bond donors (Lipinski definition) is 2. The van der Waals surface area contributed by atoms with Crippen LogP contribution in [0, 0.1) is 12.7 Å². The Bertz CT molecular complexity index is 923. The fraction of sp³-hybridized carbons (Fsp3) is 0.350. The molecule has 1 saturated heterocycles. The first-order valence-corrected chi connectivity index (χ1v) is 8.70. The number of imidazole rings is 1. The SMILES string of the molecule is COc1ccc(-c2nc3c(C)cc(C4CCNCC4)cc3[nH]2)cc1F.Cl.Cl. The summed E-state index contributed by atoms with van der Waals surface area (Å²) in [6.45, 7) is 4.23. The summed E-state index contributed by atoms with van der Waals surface area (Å²) in [5.41, 5.74) is 5.20. The zero-order valence-corrected chi connectivity index (χ0v) is 17.0. The van der Waals surface area contributed by atoms with E-state index >= 15 is 0 Å². The molecule has 0 amide bonds. The van der Waals surface area contributed by atoms with Crippen molar-refractivity contribution in [3.63, 3.8) is 0 Å². The van der Waals surface area contributed by atoms with Crippen molar-refractivity contribution < 1.29 is 9.13 Å². The Labute approximate surface area is 170 Å². The van der Waals surface area contributed by atoms with Crippen LogP contribution in [0.3, 0.4) is 0 Å². The number of aromatic nitrogens is 2. The van der Waals surface area contributed by atoms with Gasteiger partial charge in [0.05, 0.1) is 18.1 Å². The Kier molecular flexibility index (Phi) is 7.09. The van der Waals surface area contributed by atoms with Crippen LogP contribution in [-0.2, 0) is 0 Å². The smallest absolute Gasteiger partial charge is 0.165 e. The zero-order chi connectivity index (χ0) is 17.4. The van der Waals surface area contributed by atoms with Crippen molar-refractivity contribution in [1.82, 2.24) is 15.3 Å². The number of aryl methyl sites for hydroxylation is 1. The normalized spacial score (nSPS) is 14.5. The van der Waals surface area contributed by atoms with Crippen LogP contribution in [0.4, 0.5) is 4.39 Å². The van der Waals surface area contributed by atoms with Crippen molar-refractivity contribution in [2.24, 2.45) is 0 Å². The molecule has 1 fully saturated rings. The van der Waals surface area contributed by atoms with Gasteiger partial charge in [-0.25, -0.2) is 9.37 Å². The van der Waals surface area contributed by atoms with E-state index in [1.807, 2.05) is 6.07 Å². The van der Waals surface area contributed by atoms with Crippen LogP contribution in [-0.4, -0.2) is 30.2 Å². The Hall–Kier alpha value is -1.82. The molecule has 0 saturated carbocycles. The highest BCUT2D eigenvalue weighted by Crippen LogP contribution is 2.31. The van der Waals surface area contributed by atoms with Gasteiger partial charge in [0.25, 0.3) is 0 Å². The first kappa shape index (κ1) is 21.5. The summed E-state index contributed by atoms with van der Waals surface area (Å²) in [5.74, 6) is 1.13. The van der Waals surface area contributed by atoms with E-state index in [4.69, 9.17) is 4.74 Å². The van der Waals surface area contributed by atoms with Crippen molar-refractivity contribution in [2.45, 2.75) is 25.7 Å². The molecule has 1 aromatic heterocycles. The van der Waals surface area contributed by atoms with Crippen molar-refractivity contribution in [2.75, 3.05) is 20.2 Å². The highest BCUT2D eigenvalue weighted by atomic mass is 35.5. The second-order valence-electron chi connectivity index (χ2n) is 6.69. The van der Waals surface area contributed by atoms with Crippen LogP contribution in [0.1, 0.15) is 29.9 Å². The molecule has 1 aliphatic heterocycles. The molecule has 0 aliphatic carbocycles. The van der Waals surface area contributed by atoms with Gasteiger partial charge in [-0.05, 0) is 74.2 Å². The van der Waals surface area contributed by atoms with E-state index in [2.05, 4.69) is 34.3 Å². The quantitative estimate of drug-likeness (QED) is 0.637. The Morgan fingerprint density at radius 2 is 1.85 bits per heavy atom. The van der Waals surface area contributed by atoms with Crippen LogP contribution < -0.4 is 10.1 Å². The Balaban J connectivity index is 0.00000131. The largest absolute Gasteiger partial charge is 0.494 e. The maximum Gasteiger partial charge on any atom is 0.165 e. The number of aromatic amines is 1. The van der Waals surface area contributed by atoms with Crippen LogP contribution in [0.2, 0.25) is 0 Å². The predicted octanol–water partition coefficient (Wildman–Crippen LogP) is 5.00. The topological polar surface area (TPSA) is 49.9 Å². The summed E-state index contributed by atoms with van der Waals surface area (Å²) in [7, 11) is 1.46. The number of piperidine rings is 1. The molecule has 0 radical (unpaired) electrons. The molecule has 4 nitrogen and oxygen atoms in total. The number of halogens is 3. The van der Waals surface area contributed by atoms with Crippen molar-refractivity contribution in [3.05, 3.63) is 47.3 Å². The summed E-state index contributed by atoms with van der Waals surface area (Å²) in [6.07, 6.45) is 2.32. The van der Waals surface area contributed by atoms with Crippen molar-refractivity contribution >= 4 is 35.8 Å². The van der Waals surface area contributed by atoms with E-state index in [1.165, 1.54) is 18.7 Å². The molecular weight excluding hydrogens is 388 g/mol. The van der Waals surface area contributed by atoms with E-state index in [9.17, 15) is 4.39 Å². The number of ether oxygens (including phenoxy) is 1. The van der Waals surface area contributed by atoms with Crippen molar-refractivity contribution in [1.29, 1.82) is 0 Å². The molecule has 1 aliphatic rings. The average Bonchev–Trinajstić information content (AvgIpc) is 3.07. The Morgan fingerprint density at radius 1 is 1.11 bits per heavy atom. The van der Waals surface area contributed by atoms with Gasteiger partial charge in [0, 0.05) is 5.56 Å². The lowest BCUT2D eigenvalue weighted by atomic mass is 9.89. The van der Waals surface area contributed by atoms with E-state index in [1.54, 1.807) is 6.07 Å². The number of hydrogen-bond acceptors (Lipinski definition) is 3. The van der Waals surface area contributed by atoms with Gasteiger partial charge < -0.3 is 15.0 Å². The lowest BCUT2D eigenvalue weighted by Crippen LogP contribution is -2.26. The summed E-state index contributed by atoms with van der Waals surface area (Å²) >= 11 is 0. The molecule has 4 rings (SSSR count). The third-order valence-corrected chi connectivity index (χ3v) is 5.04. The minimum absolute atomic E-state index is 0. The van der Waals surface area contributed by atoms with Crippen molar-refractivity contribution in [3.8, 4) is 17.1 Å². The third kappa shape index (κ3) is 4.21. The van der Waals surface area contributed by atoms with E-state index in [-0.39, 0.29) is 36.4 Å². The lowest BCUT2D eigenvalue weighted by Gasteiger charge is -2.23. The van der Waals surface area contributed by atoms with E-state index in [0.29, 0.717) is 11.7 Å². The highest BCUT2D eigenvalue weighted by molar-refractivity contribution is 5.85. The van der Waals surface area contributed by atoms with Crippen LogP contribution in [0.25, 0.3) is 22.4 Å². The maximum absolute atomic E-state index is 14.0. The second kappa shape index (κ2) is 8.91. The first-order chi connectivity index (χ1) is 12.2. The molecule has 27 heavy (non-hydrogen) atoms. The second-order valence-corrected chi connectivity index (χ2v) is 6.69. The van der Waals surface area contributed by atoms with Gasteiger partial charge >= 0.3 is 0 Å². The lowest BCUT2D eigenvalue weighted by molar-refractivity contribution is 0.386. The number of benzene rings is 2. The molecule has 7 heteroatoms. The van der Waals surface area contributed by atoms with Gasteiger partial charge in [0.2, 0.25) is 0 Å². The van der Waals surface area contributed by atoms with E-state index < -0.39 is 0 Å². The standard InChI is InChI=1S/C20H22FN3O.2ClH/c1-12-9-15(13-5-7-22-8-6-13)11-17-19(12)24-20(23-17)14-3-4-18(25-2)16(21)10-14;;/h3-4,9-11,13,22H,5-8H2,1-2H3,(H,23,24);2*1H. The fourth-order valence-corrected chi connectivity index (χ4v) is 3.66. The van der Waals surface area contributed by atoms with Gasteiger partial charge in [-0.1, -0.05) is 6.07 Å². The van der Waals surface area contributed by atoms with Gasteiger partial charge in [-0.3, -0.25) is 0 Å². The van der Waals surface area contributed by atoms with Crippen LogP contribution in [0.5, 0.6) is 5.75 Å². The third-order valence-electron chi connectivity index (χ3n) is 5.04. The molecular formula is C20H24Cl2FN3O. The summed E-state index contributed by atoms with van der Waals surface area (Å²) in [6, 6.07) is 9.36. The fourth-order valence-electron chi connectivity index (χ4n) is 3.66. The molecule has 3 aromatic rings. The summed E-state index contributed by atoms with van der Waals surface area (Å²) in [4.78, 5) is 8.05. The van der Waals surface area contributed by atoms with Crippen LogP contribution >= 0.6 is 24.8 Å². The zero-order valence-electron chi connectivity index (χ0n) is 15.3. The summed E-state index contributed by atoms with van der Waals surface area (Å²) in [5, 5.41) is 3.41. The number of nitrogens with one attached hydrogen (secondary N) is 2. The maximum atomic E-state index is 14.0. The monoisotopic (exact) mass is 411 g/mol. The van der Waals surface area contributed by atoms with Gasteiger partial charge in [-0.15, -0.1) is 24.8 Å². The molecule has 0 unspecified atom stereocenters. The molecule has 0 spiro atoms. The molecule has 2 aromatic carbocycles. The van der Waals surface area contributed by atoms with Crippen LogP contribution in [0.15, 0.2) is 30.3 Å². The number of rotatable bonds is 3. The average molecular weight is 412 g/mol. The number of fused-ring (bicyclic) bond motifs is 1. The van der Waals surface area contributed by atoms with Gasteiger partial charge in [0.15, 0.2) is 11.6 Å². The van der Waals surface area contributed by atoms with E-state index in [0.717, 1.165) is 48.1 Å². The van der Waals surface area contributed by atoms with Gasteiger partial charge in [0.1, 0.15) is 5.82 Å². The first-order valence-electron chi connectivity index (χ1n) is 8.70. The number of methoxy groups -OCH3 is 1. The molecule has 0 atom stereocenters. The number of H-pyrrole nitrogens is 1.